The average Bonchev–Trinajstić information content (AvgIpc) is 2.67. The van der Waals surface area contributed by atoms with Crippen molar-refractivity contribution in [3.05, 3.63) is 12.4 Å². The molecule has 1 fully saturated rings. The summed E-state index contributed by atoms with van der Waals surface area (Å²) in [5, 5.41) is 0. The zero-order chi connectivity index (χ0) is 9.97. The first kappa shape index (κ1) is 9.52. The molecule has 4 nitrogen and oxygen atoms in total. The highest BCUT2D eigenvalue weighted by Crippen LogP contribution is 2.17. The smallest absolute Gasteiger partial charge is 0.205 e. The molecule has 0 radical (unpaired) electrons. The summed E-state index contributed by atoms with van der Waals surface area (Å²) in [7, 11) is 0. The summed E-state index contributed by atoms with van der Waals surface area (Å²) in [6, 6.07) is 0.468. The van der Waals surface area contributed by atoms with Gasteiger partial charge in [0.15, 0.2) is 0 Å². The van der Waals surface area contributed by atoms with Crippen LogP contribution in [0.1, 0.15) is 19.9 Å². The Labute approximate surface area is 84.5 Å². The third kappa shape index (κ3) is 1.75. The molecule has 4 heteroatoms. The third-order valence-electron chi connectivity index (χ3n) is 2.50. The Morgan fingerprint density at radius 1 is 1.36 bits per heavy atom. The highest BCUT2D eigenvalue weighted by atomic mass is 16.5. The summed E-state index contributed by atoms with van der Waals surface area (Å²) in [4.78, 5) is 6.68. The van der Waals surface area contributed by atoms with Gasteiger partial charge >= 0.3 is 0 Å². The third-order valence-corrected chi connectivity index (χ3v) is 2.50. The van der Waals surface area contributed by atoms with E-state index in [1.165, 1.54) is 0 Å². The predicted molar refractivity (Wildman–Crippen MR) is 55.6 cm³/mol. The Kier molecular flexibility index (Phi) is 2.72. The lowest BCUT2D eigenvalue weighted by molar-refractivity contribution is 0.121. The van der Waals surface area contributed by atoms with Crippen molar-refractivity contribution in [3.8, 4) is 0 Å². The van der Waals surface area contributed by atoms with Gasteiger partial charge in [0.05, 0.1) is 13.2 Å². The van der Waals surface area contributed by atoms with Crippen LogP contribution in [-0.2, 0) is 4.74 Å². The number of nitrogens with zero attached hydrogens (tertiary/aromatic N) is 3. The van der Waals surface area contributed by atoms with Gasteiger partial charge in [-0.25, -0.2) is 4.98 Å². The summed E-state index contributed by atoms with van der Waals surface area (Å²) in [5.41, 5.74) is 0. The standard InChI is InChI=1S/C10H17N3O/c1-9(2)13-4-3-11-10(13)12-5-7-14-8-6-12/h3-4,9H,5-8H2,1-2H3. The lowest BCUT2D eigenvalue weighted by atomic mass is 10.4. The van der Waals surface area contributed by atoms with Crippen molar-refractivity contribution in [1.29, 1.82) is 0 Å². The molecule has 2 rings (SSSR count). The first-order valence-electron chi connectivity index (χ1n) is 5.14. The zero-order valence-corrected chi connectivity index (χ0v) is 8.81. The Balaban J connectivity index is 2.17. The van der Waals surface area contributed by atoms with E-state index in [0.29, 0.717) is 6.04 Å². The van der Waals surface area contributed by atoms with E-state index in [4.69, 9.17) is 4.74 Å². The lowest BCUT2D eigenvalue weighted by Crippen LogP contribution is -2.38. The van der Waals surface area contributed by atoms with E-state index in [2.05, 4.69) is 28.3 Å². The number of hydrogen-bond acceptors (Lipinski definition) is 3. The van der Waals surface area contributed by atoms with Crippen LogP contribution in [0.5, 0.6) is 0 Å². The SMILES string of the molecule is CC(C)n1ccnc1N1CCOCC1. The maximum atomic E-state index is 5.32. The molecule has 0 unspecified atom stereocenters. The molecule has 0 aromatic carbocycles. The van der Waals surface area contributed by atoms with Crippen LogP contribution in [0.25, 0.3) is 0 Å². The molecule has 1 aliphatic heterocycles. The van der Waals surface area contributed by atoms with Crippen LogP contribution in [0.15, 0.2) is 12.4 Å². The fourth-order valence-corrected chi connectivity index (χ4v) is 1.72. The molecule has 0 N–H and O–H groups in total. The van der Waals surface area contributed by atoms with Gasteiger partial charge in [0, 0.05) is 31.5 Å². The molecular weight excluding hydrogens is 178 g/mol. The molecule has 2 heterocycles. The topological polar surface area (TPSA) is 30.3 Å². The molecule has 0 saturated carbocycles. The Morgan fingerprint density at radius 2 is 2.07 bits per heavy atom. The second kappa shape index (κ2) is 4.00. The van der Waals surface area contributed by atoms with E-state index in [-0.39, 0.29) is 0 Å². The Morgan fingerprint density at radius 3 is 2.71 bits per heavy atom. The summed E-state index contributed by atoms with van der Waals surface area (Å²) in [6.07, 6.45) is 3.90. The molecule has 0 amide bonds. The van der Waals surface area contributed by atoms with E-state index in [9.17, 15) is 0 Å². The minimum Gasteiger partial charge on any atom is -0.378 e. The molecule has 1 aromatic heterocycles. The number of anilines is 1. The fourth-order valence-electron chi connectivity index (χ4n) is 1.72. The maximum Gasteiger partial charge on any atom is 0.205 e. The number of ether oxygens (including phenoxy) is 1. The second-order valence-electron chi connectivity index (χ2n) is 3.83. The zero-order valence-electron chi connectivity index (χ0n) is 8.81. The van der Waals surface area contributed by atoms with Gasteiger partial charge in [0.25, 0.3) is 0 Å². The number of rotatable bonds is 2. The molecule has 0 atom stereocenters. The largest absolute Gasteiger partial charge is 0.378 e. The second-order valence-corrected chi connectivity index (χ2v) is 3.83. The van der Waals surface area contributed by atoms with Gasteiger partial charge in [-0.2, -0.15) is 0 Å². The molecular formula is C10H17N3O. The lowest BCUT2D eigenvalue weighted by Gasteiger charge is -2.29. The molecule has 0 spiro atoms. The summed E-state index contributed by atoms with van der Waals surface area (Å²) in [5.74, 6) is 1.07. The Hall–Kier alpha value is -1.03. The van der Waals surface area contributed by atoms with Crippen molar-refractivity contribution in [2.75, 3.05) is 31.2 Å². The van der Waals surface area contributed by atoms with Crippen molar-refractivity contribution in [2.45, 2.75) is 19.9 Å². The van der Waals surface area contributed by atoms with Gasteiger partial charge < -0.3 is 14.2 Å². The van der Waals surface area contributed by atoms with Gasteiger partial charge in [-0.15, -0.1) is 0 Å². The Bertz CT molecular complexity index is 289. The van der Waals surface area contributed by atoms with E-state index in [0.717, 1.165) is 32.3 Å². The number of morpholine rings is 1. The van der Waals surface area contributed by atoms with Crippen LogP contribution in [0.2, 0.25) is 0 Å². The van der Waals surface area contributed by atoms with Crippen LogP contribution in [0.3, 0.4) is 0 Å². The van der Waals surface area contributed by atoms with E-state index in [1.54, 1.807) is 0 Å². The minimum atomic E-state index is 0.468. The fraction of sp³-hybridized carbons (Fsp3) is 0.700. The number of imidazole rings is 1. The van der Waals surface area contributed by atoms with Crippen molar-refractivity contribution < 1.29 is 4.74 Å². The quantitative estimate of drug-likeness (QED) is 0.712. The summed E-state index contributed by atoms with van der Waals surface area (Å²) < 4.78 is 7.52. The van der Waals surface area contributed by atoms with Crippen LogP contribution >= 0.6 is 0 Å². The van der Waals surface area contributed by atoms with E-state index >= 15 is 0 Å². The van der Waals surface area contributed by atoms with Crippen molar-refractivity contribution >= 4 is 5.95 Å². The van der Waals surface area contributed by atoms with Crippen LogP contribution in [0.4, 0.5) is 5.95 Å². The van der Waals surface area contributed by atoms with Crippen LogP contribution in [-0.4, -0.2) is 35.9 Å². The summed E-state index contributed by atoms with van der Waals surface area (Å²) in [6.45, 7) is 7.86. The molecule has 1 aliphatic rings. The van der Waals surface area contributed by atoms with E-state index < -0.39 is 0 Å². The first-order chi connectivity index (χ1) is 6.79. The molecule has 78 valence electrons. The van der Waals surface area contributed by atoms with Gasteiger partial charge in [-0.3, -0.25) is 0 Å². The van der Waals surface area contributed by atoms with Gasteiger partial charge in [0.2, 0.25) is 5.95 Å². The van der Waals surface area contributed by atoms with Gasteiger partial charge in [-0.05, 0) is 13.8 Å². The van der Waals surface area contributed by atoms with Crippen LogP contribution in [0, 0.1) is 0 Å². The van der Waals surface area contributed by atoms with Crippen molar-refractivity contribution in [1.82, 2.24) is 9.55 Å². The average molecular weight is 195 g/mol. The van der Waals surface area contributed by atoms with Crippen molar-refractivity contribution in [3.63, 3.8) is 0 Å². The molecule has 1 aromatic rings. The van der Waals surface area contributed by atoms with Gasteiger partial charge in [-0.1, -0.05) is 0 Å². The number of aromatic nitrogens is 2. The maximum absolute atomic E-state index is 5.32. The first-order valence-corrected chi connectivity index (χ1v) is 5.14. The van der Waals surface area contributed by atoms with Crippen LogP contribution < -0.4 is 4.90 Å². The normalized spacial score (nSPS) is 17.8. The predicted octanol–water partition coefficient (Wildman–Crippen LogP) is 1.30. The molecule has 14 heavy (non-hydrogen) atoms. The van der Waals surface area contributed by atoms with E-state index in [1.807, 2.05) is 12.4 Å². The highest BCUT2D eigenvalue weighted by molar-refractivity contribution is 5.32. The molecule has 1 saturated heterocycles. The summed E-state index contributed by atoms with van der Waals surface area (Å²) >= 11 is 0. The molecule has 0 aliphatic carbocycles. The van der Waals surface area contributed by atoms with Gasteiger partial charge in [0.1, 0.15) is 0 Å². The monoisotopic (exact) mass is 195 g/mol. The number of hydrogen-bond donors (Lipinski definition) is 0. The highest BCUT2D eigenvalue weighted by Gasteiger charge is 2.16. The van der Waals surface area contributed by atoms with Crippen molar-refractivity contribution in [2.24, 2.45) is 0 Å². The molecule has 0 bridgehead atoms. The minimum absolute atomic E-state index is 0.468.